The number of hydrogen-bond donors (Lipinski definition) is 2. The summed E-state index contributed by atoms with van der Waals surface area (Å²) in [6, 6.07) is 0. The largest absolute Gasteiger partial charge is 0.389 e. The average molecular weight is 203 g/mol. The lowest BCUT2D eigenvalue weighted by atomic mass is 10.2. The van der Waals surface area contributed by atoms with Crippen molar-refractivity contribution in [1.29, 1.82) is 0 Å². The van der Waals surface area contributed by atoms with Crippen LogP contribution in [0.15, 0.2) is 0 Å². The second kappa shape index (κ2) is 7.17. The predicted octanol–water partition coefficient (Wildman–Crippen LogP) is 0.152. The molecule has 0 aromatic heterocycles. The van der Waals surface area contributed by atoms with Gasteiger partial charge < -0.3 is 19.9 Å². The quantitative estimate of drug-likeness (QED) is 0.618. The fourth-order valence-electron chi connectivity index (χ4n) is 1.48. The molecule has 1 aliphatic heterocycles. The molecule has 1 rings (SSSR count). The van der Waals surface area contributed by atoms with Gasteiger partial charge in [-0.05, 0) is 19.4 Å². The van der Waals surface area contributed by atoms with Crippen LogP contribution < -0.4 is 5.32 Å². The topological polar surface area (TPSA) is 50.7 Å². The van der Waals surface area contributed by atoms with Gasteiger partial charge in [-0.2, -0.15) is 0 Å². The smallest absolute Gasteiger partial charge is 0.0897 e. The number of likely N-dealkylation sites (N-methyl/N-ethyl adjacent to an activating group) is 1. The highest BCUT2D eigenvalue weighted by Crippen LogP contribution is 2.11. The molecule has 0 bridgehead atoms. The minimum Gasteiger partial charge on any atom is -0.389 e. The van der Waals surface area contributed by atoms with Crippen molar-refractivity contribution in [1.82, 2.24) is 5.32 Å². The fraction of sp³-hybridized carbons (Fsp3) is 1.00. The highest BCUT2D eigenvalue weighted by molar-refractivity contribution is 4.64. The third-order valence-corrected chi connectivity index (χ3v) is 2.27. The van der Waals surface area contributed by atoms with Crippen molar-refractivity contribution in [3.63, 3.8) is 0 Å². The molecule has 0 aromatic rings. The molecule has 4 heteroatoms. The first kappa shape index (κ1) is 11.9. The van der Waals surface area contributed by atoms with E-state index >= 15 is 0 Å². The number of aliphatic hydroxyl groups excluding tert-OH is 1. The average Bonchev–Trinajstić information content (AvgIpc) is 2.67. The third-order valence-electron chi connectivity index (χ3n) is 2.27. The maximum atomic E-state index is 9.43. The summed E-state index contributed by atoms with van der Waals surface area (Å²) < 4.78 is 10.8. The van der Waals surface area contributed by atoms with E-state index in [9.17, 15) is 5.11 Å². The van der Waals surface area contributed by atoms with Crippen LogP contribution in [0.25, 0.3) is 0 Å². The van der Waals surface area contributed by atoms with E-state index in [2.05, 4.69) is 5.32 Å². The highest BCUT2D eigenvalue weighted by atomic mass is 16.5. The molecule has 2 N–H and O–H groups in total. The molecule has 2 atom stereocenters. The summed E-state index contributed by atoms with van der Waals surface area (Å²) in [5.41, 5.74) is 0. The molecule has 1 aliphatic rings. The van der Waals surface area contributed by atoms with Gasteiger partial charge in [-0.1, -0.05) is 6.92 Å². The van der Waals surface area contributed by atoms with Crippen molar-refractivity contribution in [3.8, 4) is 0 Å². The Labute approximate surface area is 85.6 Å². The molecule has 1 heterocycles. The van der Waals surface area contributed by atoms with Gasteiger partial charge in [0.25, 0.3) is 0 Å². The van der Waals surface area contributed by atoms with Gasteiger partial charge in [0.05, 0.1) is 25.4 Å². The SMILES string of the molecule is CCNCC(O)COCC1CCCO1. The molecular weight excluding hydrogens is 182 g/mol. The Kier molecular flexibility index (Phi) is 6.10. The van der Waals surface area contributed by atoms with Gasteiger partial charge in [-0.3, -0.25) is 0 Å². The highest BCUT2D eigenvalue weighted by Gasteiger charge is 2.15. The van der Waals surface area contributed by atoms with Crippen molar-refractivity contribution in [3.05, 3.63) is 0 Å². The van der Waals surface area contributed by atoms with Crippen LogP contribution in [0.1, 0.15) is 19.8 Å². The van der Waals surface area contributed by atoms with Gasteiger partial charge in [0, 0.05) is 13.2 Å². The second-order valence-corrected chi connectivity index (χ2v) is 3.63. The molecule has 1 fully saturated rings. The normalized spacial score (nSPS) is 24.0. The Bertz CT molecular complexity index is 137. The van der Waals surface area contributed by atoms with Gasteiger partial charge in [0.1, 0.15) is 0 Å². The summed E-state index contributed by atoms with van der Waals surface area (Å²) in [6.45, 7) is 5.36. The Morgan fingerprint density at radius 3 is 3.14 bits per heavy atom. The van der Waals surface area contributed by atoms with E-state index in [4.69, 9.17) is 9.47 Å². The number of ether oxygens (including phenoxy) is 2. The van der Waals surface area contributed by atoms with Gasteiger partial charge >= 0.3 is 0 Å². The van der Waals surface area contributed by atoms with Crippen LogP contribution in [0, 0.1) is 0 Å². The van der Waals surface area contributed by atoms with Gasteiger partial charge in [-0.15, -0.1) is 0 Å². The van der Waals surface area contributed by atoms with Crippen molar-refractivity contribution in [2.45, 2.75) is 32.0 Å². The maximum absolute atomic E-state index is 9.43. The van der Waals surface area contributed by atoms with Crippen molar-refractivity contribution in [2.75, 3.05) is 32.9 Å². The maximum Gasteiger partial charge on any atom is 0.0897 e. The summed E-state index contributed by atoms with van der Waals surface area (Å²) >= 11 is 0. The number of hydrogen-bond acceptors (Lipinski definition) is 4. The monoisotopic (exact) mass is 203 g/mol. The lowest BCUT2D eigenvalue weighted by Gasteiger charge is -2.14. The summed E-state index contributed by atoms with van der Waals surface area (Å²) in [4.78, 5) is 0. The second-order valence-electron chi connectivity index (χ2n) is 3.63. The Morgan fingerprint density at radius 1 is 1.64 bits per heavy atom. The molecular formula is C10H21NO3. The zero-order chi connectivity index (χ0) is 10.2. The Hall–Kier alpha value is -0.160. The van der Waals surface area contributed by atoms with Crippen molar-refractivity contribution < 1.29 is 14.6 Å². The van der Waals surface area contributed by atoms with Crippen LogP contribution in [0.4, 0.5) is 0 Å². The van der Waals surface area contributed by atoms with E-state index < -0.39 is 6.10 Å². The fourth-order valence-corrected chi connectivity index (χ4v) is 1.48. The van der Waals surface area contributed by atoms with Gasteiger partial charge in [0.2, 0.25) is 0 Å². The molecule has 2 unspecified atom stereocenters. The standard InChI is InChI=1S/C10H21NO3/c1-2-11-6-9(12)7-13-8-10-4-3-5-14-10/h9-12H,2-8H2,1H3. The third kappa shape index (κ3) is 4.91. The van der Waals surface area contributed by atoms with Crippen LogP contribution in [0.5, 0.6) is 0 Å². The molecule has 0 aliphatic carbocycles. The van der Waals surface area contributed by atoms with Crippen molar-refractivity contribution >= 4 is 0 Å². The summed E-state index contributed by atoms with van der Waals surface area (Å²) in [5, 5.41) is 12.5. The van der Waals surface area contributed by atoms with Crippen molar-refractivity contribution in [2.24, 2.45) is 0 Å². The molecule has 0 spiro atoms. The molecule has 84 valence electrons. The minimum absolute atomic E-state index is 0.251. The van der Waals surface area contributed by atoms with Crippen LogP contribution in [0.3, 0.4) is 0 Å². The zero-order valence-electron chi connectivity index (χ0n) is 8.87. The zero-order valence-corrected chi connectivity index (χ0v) is 8.87. The van der Waals surface area contributed by atoms with Crippen LogP contribution in [-0.2, 0) is 9.47 Å². The summed E-state index contributed by atoms with van der Waals surface area (Å²) in [7, 11) is 0. The summed E-state index contributed by atoms with van der Waals surface area (Å²) in [5.74, 6) is 0. The predicted molar refractivity (Wildman–Crippen MR) is 54.3 cm³/mol. The summed E-state index contributed by atoms with van der Waals surface area (Å²) in [6.07, 6.45) is 2.06. The lowest BCUT2D eigenvalue weighted by Crippen LogP contribution is -2.31. The molecule has 0 amide bonds. The molecule has 0 radical (unpaired) electrons. The molecule has 14 heavy (non-hydrogen) atoms. The van der Waals surface area contributed by atoms with Gasteiger partial charge in [0.15, 0.2) is 0 Å². The molecule has 0 saturated carbocycles. The molecule has 0 aromatic carbocycles. The number of rotatable bonds is 7. The van der Waals surface area contributed by atoms with E-state index in [1.165, 1.54) is 0 Å². The number of aliphatic hydroxyl groups is 1. The van der Waals surface area contributed by atoms with E-state index in [-0.39, 0.29) is 6.10 Å². The van der Waals surface area contributed by atoms with Crippen LogP contribution >= 0.6 is 0 Å². The first-order chi connectivity index (χ1) is 6.83. The van der Waals surface area contributed by atoms with E-state index in [1.54, 1.807) is 0 Å². The first-order valence-electron chi connectivity index (χ1n) is 5.41. The molecule has 1 saturated heterocycles. The van der Waals surface area contributed by atoms with E-state index in [1.807, 2.05) is 6.92 Å². The Balaban J connectivity index is 1.91. The first-order valence-corrected chi connectivity index (χ1v) is 5.41. The lowest BCUT2D eigenvalue weighted by molar-refractivity contribution is -0.0163. The van der Waals surface area contributed by atoms with Gasteiger partial charge in [-0.25, -0.2) is 0 Å². The van der Waals surface area contributed by atoms with E-state index in [0.29, 0.717) is 19.8 Å². The minimum atomic E-state index is -0.406. The van der Waals surface area contributed by atoms with Crippen LogP contribution in [-0.4, -0.2) is 50.2 Å². The van der Waals surface area contributed by atoms with Crippen LogP contribution in [0.2, 0.25) is 0 Å². The number of nitrogens with one attached hydrogen (secondary N) is 1. The van der Waals surface area contributed by atoms with E-state index in [0.717, 1.165) is 26.0 Å². The Morgan fingerprint density at radius 2 is 2.50 bits per heavy atom. The molecule has 4 nitrogen and oxygen atoms in total.